The zero-order valence-corrected chi connectivity index (χ0v) is 22.6. The molecule has 2 heterocycles. The van der Waals surface area contributed by atoms with Crippen molar-refractivity contribution in [1.82, 2.24) is 15.0 Å². The minimum Gasteiger partial charge on any atom is -0.208 e. The van der Waals surface area contributed by atoms with Crippen LogP contribution in [0.4, 0.5) is 0 Å². The predicted octanol–water partition coefficient (Wildman–Crippen LogP) is 7.81. The van der Waals surface area contributed by atoms with Crippen molar-refractivity contribution < 1.29 is 0 Å². The van der Waals surface area contributed by atoms with E-state index in [0.29, 0.717) is 17.5 Å². The molecule has 5 heteroatoms. The van der Waals surface area contributed by atoms with E-state index in [2.05, 4.69) is 129 Å². The molecule has 0 aliphatic carbocycles. The van der Waals surface area contributed by atoms with Crippen LogP contribution in [0.3, 0.4) is 0 Å². The van der Waals surface area contributed by atoms with E-state index in [4.69, 9.17) is 15.0 Å². The topological polar surface area (TPSA) is 38.7 Å². The lowest BCUT2D eigenvalue weighted by Crippen LogP contribution is -2.03. The lowest BCUT2D eigenvalue weighted by atomic mass is 9.95. The van der Waals surface area contributed by atoms with Gasteiger partial charge in [-0.05, 0) is 39.7 Å². The van der Waals surface area contributed by atoms with E-state index in [1.54, 1.807) is 11.3 Å². The van der Waals surface area contributed by atoms with Crippen LogP contribution in [-0.4, -0.2) is 22.8 Å². The molecule has 8 aromatic rings. The highest BCUT2D eigenvalue weighted by molar-refractivity contribution is 7.26. The first-order chi connectivity index (χ1) is 19.7. The molecule has 8 rings (SSSR count). The summed E-state index contributed by atoms with van der Waals surface area (Å²) in [4.78, 5) is 15.3. The molecule has 0 radical (unpaired) electrons. The molecule has 0 unspecified atom stereocenters. The minimum atomic E-state index is 0.675. The summed E-state index contributed by atoms with van der Waals surface area (Å²) in [6.07, 6.45) is 0. The molecule has 0 spiro atoms. The third-order valence-corrected chi connectivity index (χ3v) is 8.77. The number of fused-ring (bicyclic) bond motifs is 5. The smallest absolute Gasteiger partial charge is 0.166 e. The molecule has 40 heavy (non-hydrogen) atoms. The van der Waals surface area contributed by atoms with Crippen LogP contribution in [0.15, 0.2) is 121 Å². The molecule has 0 fully saturated rings. The molecule has 186 valence electrons. The summed E-state index contributed by atoms with van der Waals surface area (Å²) >= 11 is 1.80. The predicted molar refractivity (Wildman–Crippen MR) is 172 cm³/mol. The molecule has 0 amide bonds. The van der Waals surface area contributed by atoms with Crippen molar-refractivity contribution in [3.8, 4) is 34.2 Å². The summed E-state index contributed by atoms with van der Waals surface area (Å²) in [7, 11) is 2.09. The molecular formula is C35H22BN3S. The minimum absolute atomic E-state index is 0.675. The van der Waals surface area contributed by atoms with Crippen LogP contribution in [-0.2, 0) is 0 Å². The second-order valence-electron chi connectivity index (χ2n) is 10.2. The van der Waals surface area contributed by atoms with Crippen LogP contribution in [0.1, 0.15) is 0 Å². The maximum absolute atomic E-state index is 5.18. The highest BCUT2D eigenvalue weighted by Crippen LogP contribution is 2.43. The van der Waals surface area contributed by atoms with Crippen molar-refractivity contribution >= 4 is 66.4 Å². The van der Waals surface area contributed by atoms with E-state index in [0.717, 1.165) is 27.5 Å². The summed E-state index contributed by atoms with van der Waals surface area (Å²) in [6, 6.07) is 42.7. The third-order valence-electron chi connectivity index (χ3n) is 7.57. The molecule has 0 saturated heterocycles. The fourth-order valence-corrected chi connectivity index (χ4v) is 6.76. The first-order valence-corrected chi connectivity index (χ1v) is 14.2. The van der Waals surface area contributed by atoms with Gasteiger partial charge in [0.1, 0.15) is 7.85 Å². The van der Waals surface area contributed by atoms with Gasteiger partial charge < -0.3 is 0 Å². The quantitative estimate of drug-likeness (QED) is 0.220. The van der Waals surface area contributed by atoms with Gasteiger partial charge in [0.25, 0.3) is 0 Å². The Kier molecular flexibility index (Phi) is 5.25. The standard InChI is InChI=1S/C35H22BN3S/c36-26-17-15-22(16-18-26)33-37-34(25-14-13-21-7-1-2-8-23(21)19-25)39-35(38-33)31-27-10-4-3-9-24(27)20-29-28-11-5-6-12-30(28)40-32(29)31/h1-20H,36H2. The maximum atomic E-state index is 5.18. The van der Waals surface area contributed by atoms with Crippen molar-refractivity contribution in [2.24, 2.45) is 0 Å². The molecule has 6 aromatic carbocycles. The van der Waals surface area contributed by atoms with Crippen LogP contribution in [0.25, 0.3) is 75.9 Å². The van der Waals surface area contributed by atoms with Crippen molar-refractivity contribution in [1.29, 1.82) is 0 Å². The van der Waals surface area contributed by atoms with Gasteiger partial charge in [-0.2, -0.15) is 0 Å². The average Bonchev–Trinajstić information content (AvgIpc) is 3.37. The van der Waals surface area contributed by atoms with E-state index in [1.807, 2.05) is 0 Å². The van der Waals surface area contributed by atoms with Crippen molar-refractivity contribution in [2.45, 2.75) is 0 Å². The van der Waals surface area contributed by atoms with Gasteiger partial charge in [0, 0.05) is 36.9 Å². The number of nitrogens with zero attached hydrogens (tertiary/aromatic N) is 3. The van der Waals surface area contributed by atoms with Crippen molar-refractivity contribution in [3.05, 3.63) is 121 Å². The number of hydrogen-bond acceptors (Lipinski definition) is 4. The third kappa shape index (κ3) is 3.78. The van der Waals surface area contributed by atoms with Crippen molar-refractivity contribution in [3.63, 3.8) is 0 Å². The first kappa shape index (κ1) is 23.1. The van der Waals surface area contributed by atoms with Gasteiger partial charge in [0.05, 0.1) is 0 Å². The largest absolute Gasteiger partial charge is 0.208 e. The molecule has 0 N–H and O–H groups in total. The van der Waals surface area contributed by atoms with E-state index in [1.165, 1.54) is 36.4 Å². The number of rotatable bonds is 3. The number of aromatic nitrogens is 3. The van der Waals surface area contributed by atoms with Crippen LogP contribution in [0, 0.1) is 0 Å². The van der Waals surface area contributed by atoms with E-state index in [9.17, 15) is 0 Å². The Balaban J connectivity index is 1.46. The Hall–Kier alpha value is -4.87. The zero-order valence-electron chi connectivity index (χ0n) is 21.8. The summed E-state index contributed by atoms with van der Waals surface area (Å²) in [5.74, 6) is 2.05. The summed E-state index contributed by atoms with van der Waals surface area (Å²) < 4.78 is 2.46. The normalized spacial score (nSPS) is 11.6. The van der Waals surface area contributed by atoms with Gasteiger partial charge in [-0.25, -0.2) is 15.0 Å². The second-order valence-corrected chi connectivity index (χ2v) is 11.2. The Morgan fingerprint density at radius 1 is 0.475 bits per heavy atom. The van der Waals surface area contributed by atoms with Gasteiger partial charge in [0.15, 0.2) is 17.5 Å². The van der Waals surface area contributed by atoms with E-state index in [-0.39, 0.29) is 0 Å². The Morgan fingerprint density at radius 3 is 1.93 bits per heavy atom. The van der Waals surface area contributed by atoms with Gasteiger partial charge in [-0.3, -0.25) is 0 Å². The lowest BCUT2D eigenvalue weighted by molar-refractivity contribution is 1.08. The zero-order chi connectivity index (χ0) is 26.6. The first-order valence-electron chi connectivity index (χ1n) is 13.4. The van der Waals surface area contributed by atoms with Crippen LogP contribution < -0.4 is 5.46 Å². The van der Waals surface area contributed by atoms with Gasteiger partial charge in [0.2, 0.25) is 0 Å². The number of hydrogen-bond donors (Lipinski definition) is 0. The van der Waals surface area contributed by atoms with E-state index < -0.39 is 0 Å². The fourth-order valence-electron chi connectivity index (χ4n) is 5.52. The highest BCUT2D eigenvalue weighted by Gasteiger charge is 2.19. The summed E-state index contributed by atoms with van der Waals surface area (Å²) in [6.45, 7) is 0. The lowest BCUT2D eigenvalue weighted by Gasteiger charge is -2.12. The molecule has 3 nitrogen and oxygen atoms in total. The van der Waals surface area contributed by atoms with Gasteiger partial charge in [-0.1, -0.05) is 109 Å². The van der Waals surface area contributed by atoms with E-state index >= 15 is 0 Å². The van der Waals surface area contributed by atoms with Gasteiger partial charge >= 0.3 is 0 Å². The SMILES string of the molecule is Bc1ccc(-c2nc(-c3ccc4ccccc4c3)nc(-c3c4ccccc4cc4c3sc3ccccc34)n2)cc1. The molecule has 0 aliphatic heterocycles. The molecule has 0 saturated carbocycles. The number of benzene rings is 6. The molecular weight excluding hydrogens is 505 g/mol. The summed E-state index contributed by atoms with van der Waals surface area (Å²) in [5.41, 5.74) is 4.22. The Bertz CT molecular complexity index is 2240. The summed E-state index contributed by atoms with van der Waals surface area (Å²) in [5, 5.41) is 7.18. The van der Waals surface area contributed by atoms with Crippen LogP contribution in [0.5, 0.6) is 0 Å². The molecule has 0 aliphatic rings. The molecule has 2 aromatic heterocycles. The monoisotopic (exact) mass is 527 g/mol. The highest BCUT2D eigenvalue weighted by atomic mass is 32.1. The van der Waals surface area contributed by atoms with Crippen molar-refractivity contribution in [2.75, 3.05) is 0 Å². The average molecular weight is 527 g/mol. The second kappa shape index (κ2) is 9.11. The van der Waals surface area contributed by atoms with Crippen LogP contribution in [0.2, 0.25) is 0 Å². The maximum Gasteiger partial charge on any atom is 0.166 e. The fraction of sp³-hybridized carbons (Fsp3) is 0. The molecule has 0 bridgehead atoms. The Labute approximate surface area is 236 Å². The van der Waals surface area contributed by atoms with Crippen LogP contribution >= 0.6 is 11.3 Å². The molecule has 0 atom stereocenters. The van der Waals surface area contributed by atoms with Gasteiger partial charge in [-0.15, -0.1) is 11.3 Å². The number of thiophene rings is 1. The Morgan fingerprint density at radius 2 is 1.10 bits per heavy atom.